The summed E-state index contributed by atoms with van der Waals surface area (Å²) < 4.78 is 5.00. The lowest BCUT2D eigenvalue weighted by atomic mass is 10.3. The lowest BCUT2D eigenvalue weighted by Gasteiger charge is -2.23. The molecular formula is C11H13NO2S. The van der Waals surface area contributed by atoms with Crippen LogP contribution in [0.25, 0.3) is 0 Å². The normalized spacial score (nSPS) is 18.9. The third kappa shape index (κ3) is 2.26. The van der Waals surface area contributed by atoms with Crippen molar-refractivity contribution in [3.05, 3.63) is 24.3 Å². The van der Waals surface area contributed by atoms with E-state index < -0.39 is 0 Å². The fourth-order valence-electron chi connectivity index (χ4n) is 1.48. The summed E-state index contributed by atoms with van der Waals surface area (Å²) in [6, 6.07) is 7.99. The summed E-state index contributed by atoms with van der Waals surface area (Å²) in [6.07, 6.45) is 0. The van der Waals surface area contributed by atoms with Gasteiger partial charge in [-0.2, -0.15) is 0 Å². The topological polar surface area (TPSA) is 38.3 Å². The quantitative estimate of drug-likeness (QED) is 0.780. The van der Waals surface area contributed by atoms with E-state index in [1.807, 2.05) is 31.2 Å². The number of ether oxygens (including phenoxy) is 1. The number of rotatable bonds is 2. The molecule has 0 aliphatic carbocycles. The molecule has 2 rings (SSSR count). The summed E-state index contributed by atoms with van der Waals surface area (Å²) in [4.78, 5) is 12.6. The molecule has 0 fully saturated rings. The first-order chi connectivity index (χ1) is 7.31. The van der Waals surface area contributed by atoms with E-state index in [0.29, 0.717) is 13.2 Å². The van der Waals surface area contributed by atoms with Crippen LogP contribution in [0.5, 0.6) is 0 Å². The molecule has 3 nitrogen and oxygen atoms in total. The number of fused-ring (bicyclic) bond motifs is 1. The SMILES string of the molecule is CCOC(=O)C1CNc2ccccc2S1. The molecule has 1 atom stereocenters. The Balaban J connectivity index is 2.08. The number of anilines is 1. The molecule has 0 amide bonds. The van der Waals surface area contributed by atoms with Crippen LogP contribution in [-0.4, -0.2) is 24.4 Å². The maximum absolute atomic E-state index is 11.5. The Morgan fingerprint density at radius 2 is 2.40 bits per heavy atom. The molecule has 4 heteroatoms. The second kappa shape index (κ2) is 4.57. The van der Waals surface area contributed by atoms with Crippen molar-refractivity contribution >= 4 is 23.4 Å². The molecular weight excluding hydrogens is 210 g/mol. The summed E-state index contributed by atoms with van der Waals surface area (Å²) in [5.41, 5.74) is 1.10. The predicted molar refractivity (Wildman–Crippen MR) is 61.2 cm³/mol. The number of nitrogens with one attached hydrogen (secondary N) is 1. The van der Waals surface area contributed by atoms with E-state index in [2.05, 4.69) is 5.32 Å². The van der Waals surface area contributed by atoms with Gasteiger partial charge < -0.3 is 10.1 Å². The van der Waals surface area contributed by atoms with Crippen molar-refractivity contribution in [1.29, 1.82) is 0 Å². The van der Waals surface area contributed by atoms with Crippen LogP contribution in [0.4, 0.5) is 5.69 Å². The zero-order valence-electron chi connectivity index (χ0n) is 8.53. The van der Waals surface area contributed by atoms with Gasteiger partial charge in [0.2, 0.25) is 0 Å². The molecule has 0 radical (unpaired) electrons. The first kappa shape index (κ1) is 10.4. The van der Waals surface area contributed by atoms with E-state index in [4.69, 9.17) is 4.74 Å². The maximum atomic E-state index is 11.5. The second-order valence-corrected chi connectivity index (χ2v) is 4.48. The highest BCUT2D eigenvalue weighted by Gasteiger charge is 2.25. The third-order valence-corrected chi connectivity index (χ3v) is 3.44. The first-order valence-corrected chi connectivity index (χ1v) is 5.85. The van der Waals surface area contributed by atoms with Crippen molar-refractivity contribution < 1.29 is 9.53 Å². The highest BCUT2D eigenvalue weighted by Crippen LogP contribution is 2.34. The molecule has 1 aliphatic heterocycles. The highest BCUT2D eigenvalue weighted by molar-refractivity contribution is 8.00. The van der Waals surface area contributed by atoms with E-state index >= 15 is 0 Å². The van der Waals surface area contributed by atoms with Gasteiger partial charge in [-0.1, -0.05) is 12.1 Å². The largest absolute Gasteiger partial charge is 0.465 e. The van der Waals surface area contributed by atoms with Crippen molar-refractivity contribution in [2.75, 3.05) is 18.5 Å². The van der Waals surface area contributed by atoms with E-state index in [0.717, 1.165) is 10.6 Å². The lowest BCUT2D eigenvalue weighted by Crippen LogP contribution is -2.30. The Kier molecular flexibility index (Phi) is 3.16. The molecule has 80 valence electrons. The summed E-state index contributed by atoms with van der Waals surface area (Å²) in [6.45, 7) is 2.91. The molecule has 1 aromatic rings. The number of carbonyl (C=O) groups excluding carboxylic acids is 1. The molecule has 0 spiro atoms. The maximum Gasteiger partial charge on any atom is 0.321 e. The van der Waals surface area contributed by atoms with Crippen LogP contribution >= 0.6 is 11.8 Å². The number of hydrogen-bond donors (Lipinski definition) is 1. The van der Waals surface area contributed by atoms with Gasteiger partial charge in [0.05, 0.1) is 6.61 Å². The fourth-order valence-corrected chi connectivity index (χ4v) is 2.54. The number of benzene rings is 1. The Labute approximate surface area is 93.2 Å². The summed E-state index contributed by atoms with van der Waals surface area (Å²) >= 11 is 1.57. The van der Waals surface area contributed by atoms with Crippen LogP contribution < -0.4 is 5.32 Å². The highest BCUT2D eigenvalue weighted by atomic mass is 32.2. The minimum absolute atomic E-state index is 0.125. The molecule has 0 saturated heterocycles. The average molecular weight is 223 g/mol. The van der Waals surface area contributed by atoms with Crippen LogP contribution in [0, 0.1) is 0 Å². The van der Waals surface area contributed by atoms with Crippen LogP contribution in [0.15, 0.2) is 29.2 Å². The van der Waals surface area contributed by atoms with Gasteiger partial charge in [-0.3, -0.25) is 4.79 Å². The number of hydrogen-bond acceptors (Lipinski definition) is 4. The Morgan fingerprint density at radius 1 is 1.60 bits per heavy atom. The first-order valence-electron chi connectivity index (χ1n) is 4.97. The van der Waals surface area contributed by atoms with Crippen molar-refractivity contribution in [1.82, 2.24) is 0 Å². The number of para-hydroxylation sites is 1. The van der Waals surface area contributed by atoms with Gasteiger partial charge in [0, 0.05) is 17.1 Å². The molecule has 0 aromatic heterocycles. The molecule has 1 aromatic carbocycles. The lowest BCUT2D eigenvalue weighted by molar-refractivity contribution is -0.142. The van der Waals surface area contributed by atoms with Crippen molar-refractivity contribution in [2.24, 2.45) is 0 Å². The average Bonchev–Trinajstić information content (AvgIpc) is 2.29. The van der Waals surface area contributed by atoms with E-state index in [1.165, 1.54) is 0 Å². The van der Waals surface area contributed by atoms with Gasteiger partial charge >= 0.3 is 5.97 Å². The fraction of sp³-hybridized carbons (Fsp3) is 0.364. The minimum Gasteiger partial charge on any atom is -0.465 e. The monoisotopic (exact) mass is 223 g/mol. The van der Waals surface area contributed by atoms with Crippen LogP contribution in [0.2, 0.25) is 0 Å². The predicted octanol–water partition coefficient (Wildman–Crippen LogP) is 2.14. The van der Waals surface area contributed by atoms with Crippen LogP contribution in [0.1, 0.15) is 6.92 Å². The van der Waals surface area contributed by atoms with Gasteiger partial charge in [-0.15, -0.1) is 11.8 Å². The number of esters is 1. The molecule has 1 heterocycles. The van der Waals surface area contributed by atoms with E-state index in [-0.39, 0.29) is 11.2 Å². The third-order valence-electron chi connectivity index (χ3n) is 2.18. The number of carbonyl (C=O) groups is 1. The van der Waals surface area contributed by atoms with Crippen molar-refractivity contribution in [2.45, 2.75) is 17.1 Å². The number of thioether (sulfide) groups is 1. The zero-order chi connectivity index (χ0) is 10.7. The molecule has 15 heavy (non-hydrogen) atoms. The van der Waals surface area contributed by atoms with Crippen molar-refractivity contribution in [3.8, 4) is 0 Å². The van der Waals surface area contributed by atoms with Gasteiger partial charge in [0.25, 0.3) is 0 Å². The summed E-state index contributed by atoms with van der Waals surface area (Å²) in [5, 5.41) is 3.11. The molecule has 1 N–H and O–H groups in total. The molecule has 0 saturated carbocycles. The van der Waals surface area contributed by atoms with Gasteiger partial charge in [0.1, 0.15) is 5.25 Å². The van der Waals surface area contributed by atoms with E-state index in [9.17, 15) is 4.79 Å². The summed E-state index contributed by atoms with van der Waals surface area (Å²) in [5.74, 6) is -0.135. The molecule has 1 aliphatic rings. The molecule has 0 bridgehead atoms. The standard InChI is InChI=1S/C11H13NO2S/c1-2-14-11(13)10-7-12-8-5-3-4-6-9(8)15-10/h3-6,10,12H,2,7H2,1H3. The van der Waals surface area contributed by atoms with Gasteiger partial charge in [-0.25, -0.2) is 0 Å². The minimum atomic E-state index is -0.135. The van der Waals surface area contributed by atoms with Crippen LogP contribution in [-0.2, 0) is 9.53 Å². The Bertz CT molecular complexity index is 367. The molecule has 1 unspecified atom stereocenters. The Morgan fingerprint density at radius 3 is 3.20 bits per heavy atom. The smallest absolute Gasteiger partial charge is 0.321 e. The van der Waals surface area contributed by atoms with Crippen molar-refractivity contribution in [3.63, 3.8) is 0 Å². The summed E-state index contributed by atoms with van der Waals surface area (Å²) in [7, 11) is 0. The Hall–Kier alpha value is -1.16. The van der Waals surface area contributed by atoms with Gasteiger partial charge in [-0.05, 0) is 19.1 Å². The second-order valence-electron chi connectivity index (χ2n) is 3.24. The van der Waals surface area contributed by atoms with Crippen LogP contribution in [0.3, 0.4) is 0 Å². The zero-order valence-corrected chi connectivity index (χ0v) is 9.34. The van der Waals surface area contributed by atoms with Gasteiger partial charge in [0.15, 0.2) is 0 Å². The van der Waals surface area contributed by atoms with E-state index in [1.54, 1.807) is 11.8 Å².